The Bertz CT molecular complexity index is 1450. The maximum atomic E-state index is 13.4. The molecule has 0 bridgehead atoms. The van der Waals surface area contributed by atoms with Crippen molar-refractivity contribution in [2.45, 2.75) is 16.6 Å². The lowest BCUT2D eigenvalue weighted by atomic mass is 10.0. The Labute approximate surface area is 247 Å². The molecule has 2 aromatic rings. The molecule has 0 radical (unpaired) electrons. The van der Waals surface area contributed by atoms with Crippen LogP contribution in [0.25, 0.3) is 0 Å². The number of hydrogen-bond acceptors (Lipinski definition) is 14. The third kappa shape index (κ3) is 5.90. The first-order valence-corrected chi connectivity index (χ1v) is 14.7. The number of aliphatic carboxylic acids is 1. The van der Waals surface area contributed by atoms with Gasteiger partial charge < -0.3 is 35.8 Å². The molecule has 224 valence electrons. The van der Waals surface area contributed by atoms with Gasteiger partial charge in [-0.1, -0.05) is 16.9 Å². The molecule has 5 rings (SSSR count). The number of thioether (sulfide) groups is 2. The van der Waals surface area contributed by atoms with Gasteiger partial charge in [0.05, 0.1) is 0 Å². The van der Waals surface area contributed by atoms with Gasteiger partial charge in [-0.2, -0.15) is 0 Å². The van der Waals surface area contributed by atoms with Gasteiger partial charge in [-0.05, 0) is 16.0 Å². The minimum atomic E-state index is -1.25. The number of carbonyl (C=O) groups is 4. The maximum Gasteiger partial charge on any atom is 0.352 e. The van der Waals surface area contributed by atoms with Crippen molar-refractivity contribution in [3.05, 3.63) is 23.2 Å². The summed E-state index contributed by atoms with van der Waals surface area (Å²) in [6, 6.07) is -1.03. The second-order valence-corrected chi connectivity index (χ2v) is 11.5. The van der Waals surface area contributed by atoms with E-state index in [9.17, 15) is 24.3 Å². The van der Waals surface area contributed by atoms with Gasteiger partial charge in [0, 0.05) is 58.0 Å². The summed E-state index contributed by atoms with van der Waals surface area (Å²) in [6.07, 6.45) is 1.46. The first-order valence-electron chi connectivity index (χ1n) is 12.7. The zero-order valence-corrected chi connectivity index (χ0v) is 24.2. The van der Waals surface area contributed by atoms with Crippen molar-refractivity contribution in [1.82, 2.24) is 50.2 Å². The van der Waals surface area contributed by atoms with Gasteiger partial charge in [0.15, 0.2) is 12.3 Å². The van der Waals surface area contributed by atoms with Crippen LogP contribution in [0.4, 0.5) is 5.95 Å². The zero-order chi connectivity index (χ0) is 30.0. The number of carboxylic acid groups (broad SMARTS) is 1. The highest BCUT2D eigenvalue weighted by Gasteiger charge is 2.54. The summed E-state index contributed by atoms with van der Waals surface area (Å²) in [5.41, 5.74) is 6.03. The second kappa shape index (κ2) is 12.4. The van der Waals surface area contributed by atoms with Gasteiger partial charge in [0.25, 0.3) is 17.7 Å². The number of nitrogens with one attached hydrogen (secondary N) is 2. The van der Waals surface area contributed by atoms with E-state index in [-0.39, 0.29) is 34.7 Å². The van der Waals surface area contributed by atoms with Gasteiger partial charge >= 0.3 is 5.97 Å². The summed E-state index contributed by atoms with van der Waals surface area (Å²) in [7, 11) is 3.29. The Morgan fingerprint density at radius 3 is 2.71 bits per heavy atom. The molecule has 5 N–H and O–H groups in total. The molecule has 0 unspecified atom stereocenters. The van der Waals surface area contributed by atoms with Crippen molar-refractivity contribution >= 4 is 58.9 Å². The van der Waals surface area contributed by atoms with Gasteiger partial charge in [0.1, 0.15) is 22.8 Å². The summed E-state index contributed by atoms with van der Waals surface area (Å²) in [4.78, 5) is 63.3. The summed E-state index contributed by atoms with van der Waals surface area (Å²) in [5.74, 6) is -2.24. The monoisotopic (exact) mass is 620 g/mol. The van der Waals surface area contributed by atoms with Crippen LogP contribution in [-0.2, 0) is 38.1 Å². The molecule has 0 saturated carbocycles. The van der Waals surface area contributed by atoms with E-state index in [0.717, 1.165) is 0 Å². The number of fused-ring (bicyclic) bond motifs is 1. The van der Waals surface area contributed by atoms with Gasteiger partial charge in [0.2, 0.25) is 11.1 Å². The lowest BCUT2D eigenvalue weighted by molar-refractivity contribution is -0.150. The fourth-order valence-electron chi connectivity index (χ4n) is 4.46. The highest BCUT2D eigenvalue weighted by atomic mass is 32.2. The largest absolute Gasteiger partial charge is 0.477 e. The molecule has 2 atom stereocenters. The second-order valence-electron chi connectivity index (χ2n) is 9.43. The average molecular weight is 621 g/mol. The van der Waals surface area contributed by atoms with Crippen molar-refractivity contribution in [1.29, 1.82) is 0 Å². The molecular formula is C22H28N12O6S2. The predicted molar refractivity (Wildman–Crippen MR) is 149 cm³/mol. The number of β-lactam (4-membered cyclic amide) rings is 1. The van der Waals surface area contributed by atoms with Crippen LogP contribution in [0.3, 0.4) is 0 Å². The van der Waals surface area contributed by atoms with Crippen LogP contribution in [0.1, 0.15) is 5.69 Å². The summed E-state index contributed by atoms with van der Waals surface area (Å²) in [6.45, 7) is 1.99. The van der Waals surface area contributed by atoms with E-state index in [1.807, 2.05) is 0 Å². The minimum absolute atomic E-state index is 0.0748. The first kappa shape index (κ1) is 29.3. The van der Waals surface area contributed by atoms with E-state index in [1.165, 1.54) is 43.9 Å². The molecule has 0 aliphatic carbocycles. The molecule has 5 heterocycles. The number of anilines is 1. The number of carboxylic acids is 1. The van der Waals surface area contributed by atoms with Crippen LogP contribution < -0.4 is 16.4 Å². The Morgan fingerprint density at radius 2 is 2.07 bits per heavy atom. The molecule has 18 nitrogen and oxygen atoms in total. The third-order valence-corrected chi connectivity index (χ3v) is 9.11. The highest BCUT2D eigenvalue weighted by Crippen LogP contribution is 2.41. The maximum absolute atomic E-state index is 13.4. The van der Waals surface area contributed by atoms with Crippen molar-refractivity contribution in [3.8, 4) is 0 Å². The fraction of sp³-hybridized carbons (Fsp3) is 0.500. The van der Waals surface area contributed by atoms with Gasteiger partial charge in [-0.25, -0.2) is 14.5 Å². The topological polar surface area (TPSA) is 228 Å². The molecule has 0 spiro atoms. The van der Waals surface area contributed by atoms with Crippen molar-refractivity contribution in [2.24, 2.45) is 19.3 Å². The van der Waals surface area contributed by atoms with E-state index in [1.54, 1.807) is 19.0 Å². The van der Waals surface area contributed by atoms with E-state index in [0.29, 0.717) is 42.7 Å². The highest BCUT2D eigenvalue weighted by molar-refractivity contribution is 8.01. The molecular weight excluding hydrogens is 592 g/mol. The Kier molecular flexibility index (Phi) is 8.64. The number of nitrogens with two attached hydrogens (primary N) is 1. The van der Waals surface area contributed by atoms with Crippen molar-refractivity contribution in [3.63, 3.8) is 0 Å². The number of amides is 3. The fourth-order valence-corrected chi connectivity index (χ4v) is 6.79. The Balaban J connectivity index is 1.29. The molecule has 20 heteroatoms. The molecule has 2 saturated heterocycles. The van der Waals surface area contributed by atoms with Crippen LogP contribution in [0, 0.1) is 0 Å². The van der Waals surface area contributed by atoms with E-state index < -0.39 is 35.8 Å². The van der Waals surface area contributed by atoms with E-state index >= 15 is 0 Å². The minimum Gasteiger partial charge on any atom is -0.477 e. The van der Waals surface area contributed by atoms with Crippen LogP contribution in [-0.4, -0.2) is 130 Å². The van der Waals surface area contributed by atoms with Gasteiger partial charge in [-0.15, -0.1) is 16.9 Å². The average Bonchev–Trinajstić information content (AvgIpc) is 3.55. The quantitative estimate of drug-likeness (QED) is 0.0911. The van der Waals surface area contributed by atoms with Crippen molar-refractivity contribution < 1.29 is 29.1 Å². The van der Waals surface area contributed by atoms with Crippen LogP contribution in [0.15, 0.2) is 27.8 Å². The number of aryl methyl sites for hydroxylation is 2. The summed E-state index contributed by atoms with van der Waals surface area (Å²) in [5, 5.41) is 30.6. The zero-order valence-electron chi connectivity index (χ0n) is 22.6. The van der Waals surface area contributed by atoms with Crippen LogP contribution >= 0.6 is 23.5 Å². The molecule has 3 aliphatic rings. The number of aromatic nitrogens is 6. The molecule has 42 heavy (non-hydrogen) atoms. The van der Waals surface area contributed by atoms with Crippen LogP contribution in [0.5, 0.6) is 0 Å². The number of nitrogens with zero attached hydrogens (tertiary/aromatic N) is 9. The molecule has 2 fully saturated rings. The van der Waals surface area contributed by atoms with Crippen molar-refractivity contribution in [2.75, 3.05) is 50.0 Å². The number of imidazole rings is 1. The van der Waals surface area contributed by atoms with E-state index in [4.69, 9.17) is 10.6 Å². The Morgan fingerprint density at radius 1 is 1.31 bits per heavy atom. The number of piperazine rings is 1. The normalized spacial score (nSPS) is 20.7. The summed E-state index contributed by atoms with van der Waals surface area (Å²) >= 11 is 2.57. The van der Waals surface area contributed by atoms with Crippen LogP contribution in [0.2, 0.25) is 0 Å². The number of hydrogen-bond donors (Lipinski definition) is 4. The molecule has 3 amide bonds. The molecule has 2 aromatic heterocycles. The predicted octanol–water partition coefficient (Wildman–Crippen LogP) is -2.79. The number of nitrogen functional groups attached to an aromatic ring is 1. The first-order chi connectivity index (χ1) is 20.2. The molecule has 0 aromatic carbocycles. The smallest absolute Gasteiger partial charge is 0.352 e. The Hall–Kier alpha value is -4.17. The standard InChI is InChI=1S/C22H28N12O6S2/c1-31-7-12(25-21(31)23)14(28-40-8-13(35)33-5-3-24-4-6-33)17(36)26-15-18(37)34-16(20(38)39)11(9-41-19(15)34)10-42-22-27-29-30-32(22)2/h7,15,19,24H,3-6,8-10H2,1-2H3,(H2,23,25)(H,26,36)(H,38,39)/t15-,19+/m1/s1. The SMILES string of the molecule is Cn1cc(C(=NOCC(=O)N2CCNCC2)C(=O)N[C@@H]2C(=O)N3C(C(=O)O)=C(CSc4nnnn4C)CS[C@@H]23)nc1N. The lowest BCUT2D eigenvalue weighted by Crippen LogP contribution is -2.71. The summed E-state index contributed by atoms with van der Waals surface area (Å²) < 4.78 is 2.93. The lowest BCUT2D eigenvalue weighted by Gasteiger charge is -2.49. The van der Waals surface area contributed by atoms with Gasteiger partial charge in [-0.3, -0.25) is 19.3 Å². The third-order valence-electron chi connectivity index (χ3n) is 6.68. The number of carbonyl (C=O) groups excluding carboxylic acids is 3. The molecule has 3 aliphatic heterocycles. The number of tetrazole rings is 1. The number of rotatable bonds is 10. The number of oxime groups is 1. The van der Waals surface area contributed by atoms with E-state index in [2.05, 4.69) is 36.3 Å².